The molecule has 74 heavy (non-hydrogen) atoms. The van der Waals surface area contributed by atoms with Crippen molar-refractivity contribution in [2.45, 2.75) is 183 Å². The summed E-state index contributed by atoms with van der Waals surface area (Å²) in [6.07, 6.45) is -23.2. The third-order valence-electron chi connectivity index (χ3n) is 8.96. The summed E-state index contributed by atoms with van der Waals surface area (Å²) in [4.78, 5) is 166. The summed E-state index contributed by atoms with van der Waals surface area (Å²) in [6, 6.07) is 0. The molecule has 30 nitrogen and oxygen atoms in total. The lowest BCUT2D eigenvalue weighted by Gasteiger charge is -2.46. The minimum atomic E-state index is -1.77. The van der Waals surface area contributed by atoms with Crippen molar-refractivity contribution >= 4 is 83.6 Å². The average molecular weight is 1070 g/mol. The summed E-state index contributed by atoms with van der Waals surface area (Å²) in [6.45, 7) is 13.0. The molecular weight excluding hydrogens is 1010 g/mol. The number of carbonyl (C=O) groups is 14. The Hall–Kier alpha value is -7.50. The zero-order valence-corrected chi connectivity index (χ0v) is 42.7. The van der Waals surface area contributed by atoms with Crippen LogP contribution in [0.15, 0.2) is 0 Å². The van der Waals surface area contributed by atoms with Crippen LogP contribution < -0.4 is 0 Å². The predicted molar refractivity (Wildman–Crippen MR) is 230 cm³/mol. The molecule has 0 N–H and O–H groups in total. The van der Waals surface area contributed by atoms with E-state index in [9.17, 15) is 67.1 Å². The molecule has 2 saturated heterocycles. The number of carbonyl (C=O) groups excluding carboxylic acids is 14. The fraction of sp³-hybridized carbons (Fsp3) is 0.682. The molecule has 2 heterocycles. The van der Waals surface area contributed by atoms with Crippen LogP contribution >= 0.6 is 0 Å². The summed E-state index contributed by atoms with van der Waals surface area (Å²) < 4.78 is 84.1. The molecule has 0 saturated carbocycles. The van der Waals surface area contributed by atoms with Crippen molar-refractivity contribution in [1.82, 2.24) is 0 Å². The Balaban J connectivity index is 0.000000740. The van der Waals surface area contributed by atoms with E-state index < -0.39 is 183 Å². The van der Waals surface area contributed by atoms with Crippen molar-refractivity contribution in [3.8, 4) is 0 Å². The maximum Gasteiger partial charge on any atom is 0.305 e. The van der Waals surface area contributed by atoms with E-state index in [0.29, 0.717) is 0 Å². The lowest BCUT2D eigenvalue weighted by atomic mass is 9.92. The molecule has 2 fully saturated rings. The monoisotopic (exact) mass is 1070 g/mol. The van der Waals surface area contributed by atoms with Gasteiger partial charge in [0.15, 0.2) is 48.8 Å². The normalized spacial score (nSPS) is 24.4. The van der Waals surface area contributed by atoms with Gasteiger partial charge in [-0.15, -0.1) is 0 Å². The van der Waals surface area contributed by atoms with Crippen LogP contribution in [-0.4, -0.2) is 183 Å². The molecule has 0 radical (unpaired) electrons. The minimum absolute atomic E-state index is 0.636. The minimum Gasteiger partial charge on any atom is -0.462 e. The van der Waals surface area contributed by atoms with Gasteiger partial charge in [-0.05, 0) is 0 Å². The second kappa shape index (κ2) is 30.5. The van der Waals surface area contributed by atoms with Gasteiger partial charge in [0.25, 0.3) is 0 Å². The third-order valence-corrected chi connectivity index (χ3v) is 8.96. The maximum absolute atomic E-state index is 12.0. The van der Waals surface area contributed by atoms with Crippen LogP contribution in [0, 0.1) is 0 Å². The highest BCUT2D eigenvalue weighted by molar-refractivity contribution is 5.72. The van der Waals surface area contributed by atoms with Gasteiger partial charge in [0.2, 0.25) is 24.8 Å². The summed E-state index contributed by atoms with van der Waals surface area (Å²) in [7, 11) is 0. The molecule has 30 heteroatoms. The van der Waals surface area contributed by atoms with Crippen LogP contribution in [0.4, 0.5) is 0 Å². The molecular formula is C44H60O30. The molecule has 0 bridgehead atoms. The van der Waals surface area contributed by atoms with E-state index in [2.05, 4.69) is 0 Å². The van der Waals surface area contributed by atoms with E-state index in [-0.39, 0.29) is 0 Å². The Morgan fingerprint density at radius 3 is 0.730 bits per heavy atom. The molecule has 2 aliphatic rings. The van der Waals surface area contributed by atoms with Crippen LogP contribution in [-0.2, 0) is 143 Å². The van der Waals surface area contributed by atoms with Crippen LogP contribution in [0.1, 0.15) is 96.9 Å². The van der Waals surface area contributed by atoms with E-state index >= 15 is 0 Å². The van der Waals surface area contributed by atoms with Crippen molar-refractivity contribution in [1.29, 1.82) is 0 Å². The van der Waals surface area contributed by atoms with Crippen LogP contribution in [0.5, 0.6) is 0 Å². The fourth-order valence-corrected chi connectivity index (χ4v) is 6.96. The van der Waals surface area contributed by atoms with E-state index in [1.165, 1.54) is 0 Å². The van der Waals surface area contributed by atoms with Crippen LogP contribution in [0.3, 0.4) is 0 Å². The summed E-state index contributed by atoms with van der Waals surface area (Å²) in [5.41, 5.74) is 0. The van der Waals surface area contributed by atoms with Gasteiger partial charge in [-0.2, -0.15) is 0 Å². The Bertz CT molecular complexity index is 1900. The van der Waals surface area contributed by atoms with E-state index in [1.807, 2.05) is 0 Å². The number of hydrogen-bond donors (Lipinski definition) is 0. The number of esters is 14. The van der Waals surface area contributed by atoms with Gasteiger partial charge >= 0.3 is 83.6 Å². The SMILES string of the molecule is CC(=O)OCC(OC(C)=O)C(OC(C)=O)C1OC(OC(C)=O)C(OC(C)=O)C(OC(C)=O)C1OC(C)=O.CC(=O)OCC(OC(C)=O)C(OC(C)=O)C1OC(OC(C)=O)C(OC(C)=O)C(OC(C)=O)C1OC(C)=O. The van der Waals surface area contributed by atoms with Gasteiger partial charge in [0.05, 0.1) is 0 Å². The highest BCUT2D eigenvalue weighted by Crippen LogP contribution is 2.35. The highest BCUT2D eigenvalue weighted by atomic mass is 16.8. The van der Waals surface area contributed by atoms with Crippen LogP contribution in [0.2, 0.25) is 0 Å². The first kappa shape index (κ1) is 64.5. The molecule has 0 aliphatic carbocycles. The van der Waals surface area contributed by atoms with Crippen molar-refractivity contribution in [2.75, 3.05) is 13.2 Å². The topological polar surface area (TPSA) is 387 Å². The Morgan fingerprint density at radius 1 is 0.284 bits per heavy atom. The van der Waals surface area contributed by atoms with E-state index in [1.54, 1.807) is 0 Å². The van der Waals surface area contributed by atoms with Crippen molar-refractivity contribution in [2.24, 2.45) is 0 Å². The van der Waals surface area contributed by atoms with Crippen LogP contribution in [0.25, 0.3) is 0 Å². The van der Waals surface area contributed by atoms with Gasteiger partial charge in [0.1, 0.15) is 25.4 Å². The lowest BCUT2D eigenvalue weighted by molar-refractivity contribution is -0.314. The molecule has 2 aliphatic heterocycles. The first-order chi connectivity index (χ1) is 34.2. The quantitative estimate of drug-likeness (QED) is 0.104. The maximum atomic E-state index is 12.0. The van der Waals surface area contributed by atoms with Gasteiger partial charge < -0.3 is 75.8 Å². The summed E-state index contributed by atoms with van der Waals surface area (Å²) in [5, 5.41) is 0. The third kappa shape index (κ3) is 22.9. The summed E-state index contributed by atoms with van der Waals surface area (Å²) in [5.74, 6) is -12.4. The van der Waals surface area contributed by atoms with Gasteiger partial charge in [-0.1, -0.05) is 0 Å². The molecule has 14 atom stereocenters. The molecule has 0 aromatic rings. The highest BCUT2D eigenvalue weighted by Gasteiger charge is 2.59. The average Bonchev–Trinajstić information content (AvgIpc) is 3.22. The zero-order chi connectivity index (χ0) is 56.9. The Kier molecular flexibility index (Phi) is 26.6. The molecule has 0 spiro atoms. The van der Waals surface area contributed by atoms with Crippen molar-refractivity contribution in [3.63, 3.8) is 0 Å². The molecule has 14 unspecified atom stereocenters. The Morgan fingerprint density at radius 2 is 0.514 bits per heavy atom. The number of rotatable bonds is 20. The van der Waals surface area contributed by atoms with E-state index in [0.717, 1.165) is 96.9 Å². The first-order valence-electron chi connectivity index (χ1n) is 21.9. The number of hydrogen-bond acceptors (Lipinski definition) is 30. The summed E-state index contributed by atoms with van der Waals surface area (Å²) >= 11 is 0. The van der Waals surface area contributed by atoms with Gasteiger partial charge in [-0.3, -0.25) is 67.1 Å². The van der Waals surface area contributed by atoms with Gasteiger partial charge in [-0.25, -0.2) is 0 Å². The van der Waals surface area contributed by atoms with Crippen molar-refractivity contribution < 1.29 is 143 Å². The standard InChI is InChI=1S/2C22H30O15/c2*1-9(23)30-8-16(31-10(2)24)17(32-11(3)25)18-19(33-12(4)26)20(34-13(5)27)21(35-14(6)28)22(37-18)36-15(7)29/h2*16-22H,8H2,1-7H3. The number of ether oxygens (including phenoxy) is 16. The molecule has 2 rings (SSSR count). The smallest absolute Gasteiger partial charge is 0.305 e. The molecule has 0 amide bonds. The largest absolute Gasteiger partial charge is 0.462 e. The van der Waals surface area contributed by atoms with Crippen molar-refractivity contribution in [3.05, 3.63) is 0 Å². The second-order valence-electron chi connectivity index (χ2n) is 15.7. The molecule has 0 aromatic carbocycles. The first-order valence-corrected chi connectivity index (χ1v) is 21.9. The predicted octanol–water partition coefficient (Wildman–Crippen LogP) is -1.01. The Labute approximate surface area is 422 Å². The molecule has 0 aromatic heterocycles. The fourth-order valence-electron chi connectivity index (χ4n) is 6.96. The molecule has 416 valence electrons. The van der Waals surface area contributed by atoms with E-state index in [4.69, 9.17) is 75.8 Å². The second-order valence-corrected chi connectivity index (χ2v) is 15.7. The van der Waals surface area contributed by atoms with Gasteiger partial charge in [0, 0.05) is 96.9 Å². The zero-order valence-electron chi connectivity index (χ0n) is 42.7. The lowest BCUT2D eigenvalue weighted by Crippen LogP contribution is -2.66.